The van der Waals surface area contributed by atoms with Gasteiger partial charge in [0.05, 0.1) is 34.2 Å². The molecule has 12 nitrogen and oxygen atoms in total. The van der Waals surface area contributed by atoms with Crippen LogP contribution >= 0.6 is 0 Å². The largest absolute Gasteiger partial charge is 0.468 e. The van der Waals surface area contributed by atoms with Crippen molar-refractivity contribution in [3.8, 4) is 11.8 Å². The maximum absolute atomic E-state index is 14.3. The molecule has 2 amide bonds. The zero-order valence-corrected chi connectivity index (χ0v) is 27.6. The van der Waals surface area contributed by atoms with Gasteiger partial charge in [-0.15, -0.1) is 0 Å². The average Bonchev–Trinajstić information content (AvgIpc) is 3.63. The Bertz CT molecular complexity index is 2010. The number of nitrogens with zero attached hydrogens (tertiary/aromatic N) is 5. The molecule has 0 aliphatic carbocycles. The highest BCUT2D eigenvalue weighted by molar-refractivity contribution is 7.94. The van der Waals surface area contributed by atoms with Crippen LogP contribution in [-0.2, 0) is 26.3 Å². The van der Waals surface area contributed by atoms with Gasteiger partial charge in [0.25, 0.3) is 11.8 Å². The summed E-state index contributed by atoms with van der Waals surface area (Å²) in [6.07, 6.45) is 2.83. The summed E-state index contributed by atoms with van der Waals surface area (Å²) in [5, 5.41) is 17.2. The van der Waals surface area contributed by atoms with Crippen molar-refractivity contribution in [1.29, 1.82) is 0 Å². The molecule has 1 fully saturated rings. The van der Waals surface area contributed by atoms with E-state index in [1.807, 2.05) is 6.92 Å². The Morgan fingerprint density at radius 2 is 1.83 bits per heavy atom. The maximum atomic E-state index is 14.3. The van der Waals surface area contributed by atoms with E-state index in [-0.39, 0.29) is 23.6 Å². The minimum absolute atomic E-state index is 0.0588. The van der Waals surface area contributed by atoms with Gasteiger partial charge in [-0.05, 0) is 55.8 Å². The summed E-state index contributed by atoms with van der Waals surface area (Å²) in [6, 6.07) is 18.3. The van der Waals surface area contributed by atoms with Crippen LogP contribution in [0.3, 0.4) is 0 Å². The Morgan fingerprint density at radius 3 is 2.56 bits per heavy atom. The van der Waals surface area contributed by atoms with E-state index in [0.717, 1.165) is 5.69 Å². The molecule has 2 N–H and O–H groups in total. The summed E-state index contributed by atoms with van der Waals surface area (Å²) in [7, 11) is -0.194. The Kier molecular flexibility index (Phi) is 10.8. The van der Waals surface area contributed by atoms with Crippen LogP contribution in [0.5, 0.6) is 0 Å². The van der Waals surface area contributed by atoms with Crippen LogP contribution in [0.4, 0.5) is 5.69 Å². The van der Waals surface area contributed by atoms with Gasteiger partial charge in [-0.3, -0.25) is 28.9 Å². The molecule has 248 valence electrons. The number of carbonyl (C=O) groups is 3. The van der Waals surface area contributed by atoms with Gasteiger partial charge in [-0.2, -0.15) is 9.46 Å². The summed E-state index contributed by atoms with van der Waals surface area (Å²) >= 11 is 0. The van der Waals surface area contributed by atoms with Crippen LogP contribution in [0.25, 0.3) is 0 Å². The molecular formula is C35H36N6O6S. The Hall–Kier alpha value is -5.16. The molecular weight excluding hydrogens is 632 g/mol. The lowest BCUT2D eigenvalue weighted by atomic mass is 10.1. The van der Waals surface area contributed by atoms with Gasteiger partial charge < -0.3 is 15.2 Å². The third-order valence-electron chi connectivity index (χ3n) is 7.75. The number of hydrogen-bond donors (Lipinski definition) is 2. The van der Waals surface area contributed by atoms with Crippen LogP contribution in [0.2, 0.25) is 0 Å². The van der Waals surface area contributed by atoms with Crippen molar-refractivity contribution in [3.05, 3.63) is 107 Å². The zero-order valence-electron chi connectivity index (χ0n) is 26.8. The molecule has 0 spiro atoms. The van der Waals surface area contributed by atoms with Crippen molar-refractivity contribution in [2.75, 3.05) is 31.3 Å². The lowest BCUT2D eigenvalue weighted by Gasteiger charge is -2.22. The lowest BCUT2D eigenvalue weighted by molar-refractivity contribution is -0.145. The third kappa shape index (κ3) is 8.40. The molecule has 0 bridgehead atoms. The second-order valence-electron chi connectivity index (χ2n) is 11.4. The van der Waals surface area contributed by atoms with Crippen molar-refractivity contribution in [2.45, 2.75) is 36.8 Å². The van der Waals surface area contributed by atoms with Crippen molar-refractivity contribution in [3.63, 3.8) is 0 Å². The molecule has 1 unspecified atom stereocenters. The number of aliphatic hydroxyl groups is 1. The van der Waals surface area contributed by atoms with Crippen LogP contribution in [-0.4, -0.2) is 84.9 Å². The fourth-order valence-electron chi connectivity index (χ4n) is 5.47. The van der Waals surface area contributed by atoms with Gasteiger partial charge in [0.2, 0.25) is 0 Å². The number of rotatable bonds is 9. The number of amides is 2. The second kappa shape index (κ2) is 15.2. The quantitative estimate of drug-likeness (QED) is 0.202. The number of aromatic nitrogens is 3. The number of hydrogen-bond acceptors (Lipinski definition) is 9. The highest BCUT2D eigenvalue weighted by atomic mass is 32.2. The van der Waals surface area contributed by atoms with E-state index in [0.29, 0.717) is 46.9 Å². The average molecular weight is 669 g/mol. The fraction of sp³-hybridized carbons (Fsp3) is 0.286. The first-order valence-electron chi connectivity index (χ1n) is 15.3. The number of ether oxygens (including phenoxy) is 1. The van der Waals surface area contributed by atoms with Crippen molar-refractivity contribution < 1.29 is 28.4 Å². The van der Waals surface area contributed by atoms with Gasteiger partial charge in [0, 0.05) is 66.4 Å². The van der Waals surface area contributed by atoms with Crippen LogP contribution in [0.15, 0.2) is 88.4 Å². The molecule has 4 aromatic rings. The van der Waals surface area contributed by atoms with Gasteiger partial charge in [-0.1, -0.05) is 36.1 Å². The maximum Gasteiger partial charge on any atom is 0.323 e. The molecule has 0 radical (unpaired) electrons. The number of β-amino-alcohol motifs (C(OH)–C–C–N with tert-alkyl or cyclic N) is 1. The summed E-state index contributed by atoms with van der Waals surface area (Å²) < 4.78 is 24.9. The first-order valence-corrected chi connectivity index (χ1v) is 17.0. The van der Waals surface area contributed by atoms with E-state index < -0.39 is 33.8 Å². The molecule has 1 aliphatic rings. The molecule has 13 heteroatoms. The highest BCUT2D eigenvalue weighted by Gasteiger charge is 2.36. The monoisotopic (exact) mass is 668 g/mol. The first kappa shape index (κ1) is 34.2. The number of likely N-dealkylation sites (tertiary alicyclic amines) is 1. The number of carbonyl (C=O) groups excluding carboxylic acids is 3. The molecule has 2 aromatic carbocycles. The predicted octanol–water partition coefficient (Wildman–Crippen LogP) is 3.44. The van der Waals surface area contributed by atoms with Crippen LogP contribution in [0.1, 0.15) is 50.5 Å². The summed E-state index contributed by atoms with van der Waals surface area (Å²) in [5.41, 5.74) is 2.93. The summed E-state index contributed by atoms with van der Waals surface area (Å²) in [6.45, 7) is 2.48. The third-order valence-corrected chi connectivity index (χ3v) is 10.1. The smallest absolute Gasteiger partial charge is 0.323 e. The Balaban J connectivity index is 1.32. The molecule has 2 aromatic heterocycles. The number of nitrogens with one attached hydrogen (secondary N) is 1. The number of aryl methyl sites for hydroxylation is 2. The predicted molar refractivity (Wildman–Crippen MR) is 180 cm³/mol. The summed E-state index contributed by atoms with van der Waals surface area (Å²) in [4.78, 5) is 44.7. The first-order chi connectivity index (χ1) is 23.0. The van der Waals surface area contributed by atoms with Crippen molar-refractivity contribution in [1.82, 2.24) is 19.7 Å². The zero-order chi connectivity index (χ0) is 34.3. The van der Waals surface area contributed by atoms with E-state index in [1.165, 1.54) is 24.2 Å². The van der Waals surface area contributed by atoms with E-state index >= 15 is 0 Å². The number of pyridine rings is 1. The van der Waals surface area contributed by atoms with E-state index in [2.05, 4.69) is 31.6 Å². The van der Waals surface area contributed by atoms with Gasteiger partial charge in [0.1, 0.15) is 11.7 Å². The lowest BCUT2D eigenvalue weighted by Crippen LogP contribution is -2.38. The number of aliphatic hydroxyl groups excluding tert-OH is 1. The normalized spacial score (nSPS) is 17.1. The second-order valence-corrected chi connectivity index (χ2v) is 13.7. The summed E-state index contributed by atoms with van der Waals surface area (Å²) in [5.74, 6) is 4.66. The Morgan fingerprint density at radius 1 is 1.06 bits per heavy atom. The molecule has 48 heavy (non-hydrogen) atoms. The van der Waals surface area contributed by atoms with Gasteiger partial charge in [0.15, 0.2) is 0 Å². The van der Waals surface area contributed by atoms with Crippen LogP contribution in [0, 0.1) is 18.8 Å². The molecule has 1 aliphatic heterocycles. The number of methoxy groups -OCH3 is 1. The minimum Gasteiger partial charge on any atom is -0.468 e. The van der Waals surface area contributed by atoms with Gasteiger partial charge >= 0.3 is 5.97 Å². The molecule has 1 saturated heterocycles. The molecule has 0 saturated carbocycles. The van der Waals surface area contributed by atoms with Crippen molar-refractivity contribution in [2.24, 2.45) is 11.4 Å². The van der Waals surface area contributed by atoms with E-state index in [1.54, 1.807) is 78.7 Å². The topological polar surface area (TPSA) is 156 Å². The van der Waals surface area contributed by atoms with Crippen molar-refractivity contribution >= 4 is 33.2 Å². The molecule has 5 rings (SSSR count). The highest BCUT2D eigenvalue weighted by Crippen LogP contribution is 2.22. The standard InChI is InChI=1S/C35H36N6O6S/c1-24-17-31(40(2)38-24)34(44)37-28-10-7-9-25(19-28)13-14-26-18-27(22-36-21-26)33(43)39-48(46,30-11-5-4-6-12-30)16-8-15-41-23-29(42)20-32(41)35(45)47-3/h4-7,9-12,17-19,21-22,29,32,42H,8,15-16,20,23H2,1-3H3,(H,37,44)/t29-,32?,48+/m1/s1. The number of anilines is 1. The number of esters is 1. The SMILES string of the molecule is COC(=O)C1C[C@@H](O)CN1CCC[S@@](=O)(=NC(=O)c1cncc(C#Cc2cccc(NC(=O)c3cc(C)nn3C)c2)c1)c1ccccc1. The fourth-order valence-corrected chi connectivity index (χ4v) is 7.38. The van der Waals surface area contributed by atoms with E-state index in [4.69, 9.17) is 4.74 Å². The minimum atomic E-state index is -3.20. The number of benzene rings is 2. The Labute approximate surface area is 279 Å². The van der Waals surface area contributed by atoms with Crippen LogP contribution < -0.4 is 5.32 Å². The van der Waals surface area contributed by atoms with Gasteiger partial charge in [-0.25, -0.2) is 4.21 Å². The van der Waals surface area contributed by atoms with E-state index in [9.17, 15) is 23.7 Å². The molecule has 3 atom stereocenters. The molecule has 3 heterocycles.